The fourth-order valence-corrected chi connectivity index (χ4v) is 2.68. The van der Waals surface area contributed by atoms with Gasteiger partial charge in [0.05, 0.1) is 23.0 Å². The number of hydrogen-bond donors (Lipinski definition) is 1. The third kappa shape index (κ3) is 2.20. The number of fused-ring (bicyclic) bond motifs is 1. The van der Waals surface area contributed by atoms with E-state index in [1.165, 1.54) is 5.56 Å². The summed E-state index contributed by atoms with van der Waals surface area (Å²) >= 11 is 12.3. The Balaban J connectivity index is 2.15. The van der Waals surface area contributed by atoms with E-state index >= 15 is 0 Å². The van der Waals surface area contributed by atoms with Gasteiger partial charge in [-0.25, -0.2) is 4.68 Å². The van der Waals surface area contributed by atoms with E-state index in [1.807, 2.05) is 10.7 Å². The maximum atomic E-state index is 6.24. The fourth-order valence-electron chi connectivity index (χ4n) is 2.32. The minimum absolute atomic E-state index is 0.495. The number of methoxy groups -OCH3 is 1. The zero-order valence-corrected chi connectivity index (χ0v) is 11.9. The van der Waals surface area contributed by atoms with E-state index in [4.69, 9.17) is 27.9 Å². The molecule has 0 fully saturated rings. The zero-order chi connectivity index (χ0) is 13.4. The Labute approximate surface area is 121 Å². The second-order valence-electron chi connectivity index (χ2n) is 4.39. The minimum atomic E-state index is 0.495. The van der Waals surface area contributed by atoms with Gasteiger partial charge in [0.15, 0.2) is 0 Å². The molecule has 6 heteroatoms. The predicted molar refractivity (Wildman–Crippen MR) is 76.5 cm³/mol. The summed E-state index contributed by atoms with van der Waals surface area (Å²) in [5.74, 6) is 0.983. The lowest BCUT2D eigenvalue weighted by Gasteiger charge is -2.08. The molecule has 19 heavy (non-hydrogen) atoms. The van der Waals surface area contributed by atoms with Crippen LogP contribution in [0.2, 0.25) is 10.0 Å². The van der Waals surface area contributed by atoms with E-state index < -0.39 is 0 Å². The Hall–Kier alpha value is -1.23. The number of halogens is 2. The number of nitrogens with zero attached hydrogens (tertiary/aromatic N) is 2. The van der Waals surface area contributed by atoms with Crippen LogP contribution in [0.15, 0.2) is 18.2 Å². The summed E-state index contributed by atoms with van der Waals surface area (Å²) in [6.45, 7) is 1.40. The molecule has 0 radical (unpaired) electrons. The van der Waals surface area contributed by atoms with E-state index in [0.29, 0.717) is 16.7 Å². The molecule has 1 aliphatic rings. The van der Waals surface area contributed by atoms with Gasteiger partial charge < -0.3 is 10.1 Å². The van der Waals surface area contributed by atoms with Crippen molar-refractivity contribution < 1.29 is 4.74 Å². The average Bonchev–Trinajstić information content (AvgIpc) is 2.97. The summed E-state index contributed by atoms with van der Waals surface area (Å²) < 4.78 is 7.00. The Morgan fingerprint density at radius 2 is 2.26 bits per heavy atom. The molecule has 2 aromatic rings. The molecule has 3 rings (SSSR count). The van der Waals surface area contributed by atoms with Gasteiger partial charge in [0.2, 0.25) is 0 Å². The number of rotatable bonds is 3. The smallest absolute Gasteiger partial charge is 0.133 e. The Kier molecular flexibility index (Phi) is 3.39. The normalized spacial score (nSPS) is 13.4. The molecule has 0 aliphatic carbocycles. The predicted octanol–water partition coefficient (Wildman–Crippen LogP) is 3.29. The number of aromatic nitrogens is 2. The van der Waals surface area contributed by atoms with Gasteiger partial charge in [-0.1, -0.05) is 23.2 Å². The van der Waals surface area contributed by atoms with Crippen molar-refractivity contribution in [2.75, 3.05) is 19.0 Å². The largest absolute Gasteiger partial charge is 0.378 e. The third-order valence-electron chi connectivity index (χ3n) is 3.15. The molecule has 0 saturated carbocycles. The van der Waals surface area contributed by atoms with Crippen LogP contribution in [-0.4, -0.2) is 23.4 Å². The monoisotopic (exact) mass is 297 g/mol. The van der Waals surface area contributed by atoms with Gasteiger partial charge in [0, 0.05) is 24.2 Å². The molecule has 1 N–H and O–H groups in total. The summed E-state index contributed by atoms with van der Waals surface area (Å²) in [7, 11) is 1.67. The maximum Gasteiger partial charge on any atom is 0.133 e. The molecule has 0 amide bonds. The fraction of sp³-hybridized carbons (Fsp3) is 0.308. The number of ether oxygens (including phenoxy) is 1. The first-order valence-corrected chi connectivity index (χ1v) is 6.75. The summed E-state index contributed by atoms with van der Waals surface area (Å²) in [4.78, 5) is 0. The summed E-state index contributed by atoms with van der Waals surface area (Å²) in [5.41, 5.74) is 2.92. The molecular formula is C13H13Cl2N3O. The standard InChI is InChI=1S/C13H13Cl2N3O/c1-19-7-11-9-4-5-16-13(9)18(17-11)12-6-8(14)2-3-10(12)15/h2-3,6,16H,4-5,7H2,1H3. The molecule has 100 valence electrons. The molecule has 1 aromatic heterocycles. The van der Waals surface area contributed by atoms with Gasteiger partial charge in [-0.2, -0.15) is 5.10 Å². The molecule has 0 saturated heterocycles. The summed E-state index contributed by atoms with van der Waals surface area (Å²) in [5, 5.41) is 9.17. The number of benzene rings is 1. The summed E-state index contributed by atoms with van der Waals surface area (Å²) in [6, 6.07) is 5.35. The highest BCUT2D eigenvalue weighted by atomic mass is 35.5. The van der Waals surface area contributed by atoms with Crippen molar-refractivity contribution in [3.8, 4) is 5.69 Å². The van der Waals surface area contributed by atoms with Gasteiger partial charge in [-0.05, 0) is 24.6 Å². The Morgan fingerprint density at radius 3 is 3.05 bits per heavy atom. The van der Waals surface area contributed by atoms with Gasteiger partial charge in [-0.15, -0.1) is 0 Å². The zero-order valence-electron chi connectivity index (χ0n) is 10.4. The van der Waals surface area contributed by atoms with Crippen LogP contribution in [-0.2, 0) is 17.8 Å². The first-order chi connectivity index (χ1) is 9.20. The highest BCUT2D eigenvalue weighted by Crippen LogP contribution is 2.32. The van der Waals surface area contributed by atoms with Crippen LogP contribution < -0.4 is 5.32 Å². The van der Waals surface area contributed by atoms with E-state index in [0.717, 1.165) is 30.2 Å². The molecule has 2 heterocycles. The van der Waals surface area contributed by atoms with E-state index in [-0.39, 0.29) is 0 Å². The van der Waals surface area contributed by atoms with Gasteiger partial charge >= 0.3 is 0 Å². The van der Waals surface area contributed by atoms with Crippen molar-refractivity contribution in [3.63, 3.8) is 0 Å². The Morgan fingerprint density at radius 1 is 1.42 bits per heavy atom. The number of hydrogen-bond acceptors (Lipinski definition) is 3. The van der Waals surface area contributed by atoms with Crippen LogP contribution in [0.4, 0.5) is 5.82 Å². The van der Waals surface area contributed by atoms with Gasteiger partial charge in [-0.3, -0.25) is 0 Å². The van der Waals surface area contributed by atoms with Crippen LogP contribution in [0, 0.1) is 0 Å². The van der Waals surface area contributed by atoms with Gasteiger partial charge in [0.1, 0.15) is 5.82 Å². The Bertz CT molecular complexity index is 625. The lowest BCUT2D eigenvalue weighted by molar-refractivity contribution is 0.180. The minimum Gasteiger partial charge on any atom is -0.378 e. The third-order valence-corrected chi connectivity index (χ3v) is 3.71. The second kappa shape index (κ2) is 5.04. The van der Waals surface area contributed by atoms with Crippen molar-refractivity contribution in [2.45, 2.75) is 13.0 Å². The second-order valence-corrected chi connectivity index (χ2v) is 5.23. The van der Waals surface area contributed by atoms with Crippen LogP contribution in [0.1, 0.15) is 11.3 Å². The molecule has 4 nitrogen and oxygen atoms in total. The lowest BCUT2D eigenvalue weighted by Crippen LogP contribution is -2.05. The van der Waals surface area contributed by atoms with E-state index in [9.17, 15) is 0 Å². The summed E-state index contributed by atoms with van der Waals surface area (Å²) in [6.07, 6.45) is 0.951. The number of anilines is 1. The molecular weight excluding hydrogens is 285 g/mol. The highest BCUT2D eigenvalue weighted by Gasteiger charge is 2.23. The topological polar surface area (TPSA) is 39.1 Å². The van der Waals surface area contributed by atoms with Crippen molar-refractivity contribution >= 4 is 29.0 Å². The molecule has 0 atom stereocenters. The molecule has 0 unspecified atom stereocenters. The van der Waals surface area contributed by atoms with Gasteiger partial charge in [0.25, 0.3) is 0 Å². The SMILES string of the molecule is COCc1nn(-c2cc(Cl)ccc2Cl)c2c1CCN2. The first kappa shape index (κ1) is 12.8. The maximum absolute atomic E-state index is 6.24. The quantitative estimate of drug-likeness (QED) is 0.945. The van der Waals surface area contributed by atoms with Crippen LogP contribution in [0.5, 0.6) is 0 Å². The molecule has 1 aromatic carbocycles. The first-order valence-electron chi connectivity index (χ1n) is 5.99. The van der Waals surface area contributed by atoms with Crippen LogP contribution in [0.25, 0.3) is 5.69 Å². The average molecular weight is 298 g/mol. The molecule has 0 spiro atoms. The highest BCUT2D eigenvalue weighted by molar-refractivity contribution is 6.34. The van der Waals surface area contributed by atoms with Crippen LogP contribution in [0.3, 0.4) is 0 Å². The van der Waals surface area contributed by atoms with E-state index in [2.05, 4.69) is 10.4 Å². The van der Waals surface area contributed by atoms with Crippen molar-refractivity contribution in [1.29, 1.82) is 0 Å². The van der Waals surface area contributed by atoms with Crippen molar-refractivity contribution in [2.24, 2.45) is 0 Å². The van der Waals surface area contributed by atoms with Crippen molar-refractivity contribution in [1.82, 2.24) is 9.78 Å². The number of nitrogens with one attached hydrogen (secondary N) is 1. The molecule has 0 bridgehead atoms. The molecule has 1 aliphatic heterocycles. The lowest BCUT2D eigenvalue weighted by atomic mass is 10.2. The van der Waals surface area contributed by atoms with E-state index in [1.54, 1.807) is 19.2 Å². The van der Waals surface area contributed by atoms with Crippen molar-refractivity contribution in [3.05, 3.63) is 39.5 Å². The van der Waals surface area contributed by atoms with Crippen LogP contribution >= 0.6 is 23.2 Å².